The SMILES string of the molecule is Cn1cnc(S(=O)(=O)N2CCc3nc(-c4ccccc4)[nH]c3C2)c1. The Bertz CT molecular complexity index is 975. The van der Waals surface area contributed by atoms with E-state index >= 15 is 0 Å². The third-order valence-electron chi connectivity index (χ3n) is 4.13. The van der Waals surface area contributed by atoms with E-state index in [1.807, 2.05) is 30.3 Å². The first-order valence-corrected chi connectivity index (χ1v) is 9.09. The van der Waals surface area contributed by atoms with E-state index in [1.165, 1.54) is 16.8 Å². The van der Waals surface area contributed by atoms with Gasteiger partial charge in [-0.25, -0.2) is 18.4 Å². The molecule has 1 N–H and O–H groups in total. The highest BCUT2D eigenvalue weighted by molar-refractivity contribution is 7.89. The zero-order valence-corrected chi connectivity index (χ0v) is 14.0. The van der Waals surface area contributed by atoms with Crippen molar-refractivity contribution in [1.29, 1.82) is 0 Å². The van der Waals surface area contributed by atoms with Crippen LogP contribution < -0.4 is 0 Å². The Balaban J connectivity index is 1.63. The molecule has 4 rings (SSSR count). The van der Waals surface area contributed by atoms with Crippen molar-refractivity contribution in [1.82, 2.24) is 23.8 Å². The van der Waals surface area contributed by atoms with Gasteiger partial charge in [0.05, 0.1) is 24.3 Å². The lowest BCUT2D eigenvalue weighted by molar-refractivity contribution is 0.384. The van der Waals surface area contributed by atoms with Crippen LogP contribution in [0.25, 0.3) is 11.4 Å². The van der Waals surface area contributed by atoms with E-state index in [2.05, 4.69) is 15.0 Å². The number of nitrogens with one attached hydrogen (secondary N) is 1. The molecule has 0 unspecified atom stereocenters. The third-order valence-corrected chi connectivity index (χ3v) is 5.86. The number of aromatic amines is 1. The molecule has 0 amide bonds. The predicted octanol–water partition coefficient (Wildman–Crippen LogP) is 1.56. The first-order valence-electron chi connectivity index (χ1n) is 7.65. The molecular formula is C16H17N5O2S. The quantitative estimate of drug-likeness (QED) is 0.782. The van der Waals surface area contributed by atoms with Crippen LogP contribution in [0.5, 0.6) is 0 Å². The van der Waals surface area contributed by atoms with Gasteiger partial charge in [0.15, 0.2) is 5.03 Å². The van der Waals surface area contributed by atoms with Gasteiger partial charge >= 0.3 is 0 Å². The van der Waals surface area contributed by atoms with E-state index in [0.29, 0.717) is 13.0 Å². The fourth-order valence-electron chi connectivity index (χ4n) is 2.86. The summed E-state index contributed by atoms with van der Waals surface area (Å²) in [4.78, 5) is 11.9. The van der Waals surface area contributed by atoms with E-state index in [9.17, 15) is 8.42 Å². The van der Waals surface area contributed by atoms with Crippen LogP contribution in [-0.2, 0) is 30.0 Å². The summed E-state index contributed by atoms with van der Waals surface area (Å²) in [6, 6.07) is 9.82. The molecular weight excluding hydrogens is 326 g/mol. The minimum absolute atomic E-state index is 0.0799. The third kappa shape index (κ3) is 2.53. The zero-order chi connectivity index (χ0) is 16.7. The van der Waals surface area contributed by atoms with E-state index in [1.54, 1.807) is 11.6 Å². The number of H-pyrrole nitrogens is 1. The highest BCUT2D eigenvalue weighted by Crippen LogP contribution is 2.25. The van der Waals surface area contributed by atoms with Gasteiger partial charge in [-0.15, -0.1) is 0 Å². The van der Waals surface area contributed by atoms with Crippen molar-refractivity contribution in [2.45, 2.75) is 18.0 Å². The molecule has 24 heavy (non-hydrogen) atoms. The molecule has 1 aliphatic heterocycles. The fraction of sp³-hybridized carbons (Fsp3) is 0.250. The van der Waals surface area contributed by atoms with Crippen molar-refractivity contribution >= 4 is 10.0 Å². The second-order valence-corrected chi connectivity index (χ2v) is 7.73. The van der Waals surface area contributed by atoms with Crippen molar-refractivity contribution in [3.05, 3.63) is 54.2 Å². The van der Waals surface area contributed by atoms with E-state index in [-0.39, 0.29) is 11.6 Å². The highest BCUT2D eigenvalue weighted by atomic mass is 32.2. The lowest BCUT2D eigenvalue weighted by atomic mass is 10.2. The topological polar surface area (TPSA) is 83.9 Å². The maximum Gasteiger partial charge on any atom is 0.262 e. The maximum atomic E-state index is 12.7. The van der Waals surface area contributed by atoms with E-state index in [0.717, 1.165) is 22.8 Å². The number of hydrogen-bond acceptors (Lipinski definition) is 4. The number of rotatable bonds is 3. The molecule has 3 aromatic rings. The van der Waals surface area contributed by atoms with Gasteiger partial charge < -0.3 is 9.55 Å². The van der Waals surface area contributed by atoms with Crippen LogP contribution >= 0.6 is 0 Å². The lowest BCUT2D eigenvalue weighted by Gasteiger charge is -2.24. The molecule has 0 bridgehead atoms. The molecule has 0 aliphatic carbocycles. The molecule has 124 valence electrons. The minimum Gasteiger partial charge on any atom is -0.341 e. The summed E-state index contributed by atoms with van der Waals surface area (Å²) in [5.41, 5.74) is 2.77. The average molecular weight is 343 g/mol. The van der Waals surface area contributed by atoms with E-state index < -0.39 is 10.0 Å². The first-order chi connectivity index (χ1) is 11.5. The molecule has 1 aliphatic rings. The highest BCUT2D eigenvalue weighted by Gasteiger charge is 2.31. The number of nitrogens with zero attached hydrogens (tertiary/aromatic N) is 4. The van der Waals surface area contributed by atoms with Gasteiger partial charge in [-0.05, 0) is 0 Å². The largest absolute Gasteiger partial charge is 0.341 e. The fourth-order valence-corrected chi connectivity index (χ4v) is 4.24. The molecule has 0 spiro atoms. The molecule has 0 saturated heterocycles. The minimum atomic E-state index is -3.59. The van der Waals surface area contributed by atoms with Gasteiger partial charge in [-0.2, -0.15) is 4.31 Å². The van der Waals surface area contributed by atoms with Crippen LogP contribution in [0.3, 0.4) is 0 Å². The number of sulfonamides is 1. The summed E-state index contributed by atoms with van der Waals surface area (Å²) < 4.78 is 28.5. The van der Waals surface area contributed by atoms with Gasteiger partial charge in [-0.3, -0.25) is 0 Å². The molecule has 2 aromatic heterocycles. The summed E-state index contributed by atoms with van der Waals surface area (Å²) in [6.45, 7) is 0.694. The number of benzene rings is 1. The van der Waals surface area contributed by atoms with Gasteiger partial charge in [-0.1, -0.05) is 30.3 Å². The zero-order valence-electron chi connectivity index (χ0n) is 13.2. The Morgan fingerprint density at radius 2 is 2.00 bits per heavy atom. The lowest BCUT2D eigenvalue weighted by Crippen LogP contribution is -2.36. The van der Waals surface area contributed by atoms with Crippen molar-refractivity contribution in [3.63, 3.8) is 0 Å². The van der Waals surface area contributed by atoms with Gasteiger partial charge in [0.2, 0.25) is 0 Å². The summed E-state index contributed by atoms with van der Waals surface area (Å²) in [5.74, 6) is 0.776. The van der Waals surface area contributed by atoms with Crippen LogP contribution in [-0.4, -0.2) is 38.8 Å². The standard InChI is InChI=1S/C16H17N5O2S/c1-20-10-15(17-11-20)24(22,23)21-8-7-13-14(9-21)19-16(18-13)12-5-3-2-4-6-12/h2-6,10-11H,7-9H2,1H3,(H,18,19). The molecule has 0 fully saturated rings. The Hall–Kier alpha value is -2.45. The second kappa shape index (κ2) is 5.57. The maximum absolute atomic E-state index is 12.7. The number of imidazole rings is 2. The summed E-state index contributed by atoms with van der Waals surface area (Å²) in [6.07, 6.45) is 3.60. The Labute approximate surface area is 140 Å². The molecule has 0 saturated carbocycles. The number of hydrogen-bond donors (Lipinski definition) is 1. The molecule has 7 nitrogen and oxygen atoms in total. The van der Waals surface area contributed by atoms with Crippen molar-refractivity contribution in [3.8, 4) is 11.4 Å². The van der Waals surface area contributed by atoms with Crippen LogP contribution in [0.2, 0.25) is 0 Å². The van der Waals surface area contributed by atoms with E-state index in [4.69, 9.17) is 0 Å². The summed E-state index contributed by atoms with van der Waals surface area (Å²) in [7, 11) is -1.83. The first kappa shape index (κ1) is 15.1. The Kier molecular flexibility index (Phi) is 3.50. The number of aromatic nitrogens is 4. The van der Waals surface area contributed by atoms with Crippen LogP contribution in [0, 0.1) is 0 Å². The molecule has 0 atom stereocenters. The van der Waals surface area contributed by atoms with Crippen LogP contribution in [0.4, 0.5) is 0 Å². The molecule has 0 radical (unpaired) electrons. The molecule has 8 heteroatoms. The van der Waals surface area contributed by atoms with Gasteiger partial charge in [0, 0.05) is 31.8 Å². The number of aryl methyl sites for hydroxylation is 1. The Morgan fingerprint density at radius 3 is 2.71 bits per heavy atom. The summed E-state index contributed by atoms with van der Waals surface area (Å²) >= 11 is 0. The van der Waals surface area contributed by atoms with Gasteiger partial charge in [0.1, 0.15) is 5.82 Å². The van der Waals surface area contributed by atoms with Crippen molar-refractivity contribution in [2.75, 3.05) is 6.54 Å². The Morgan fingerprint density at radius 1 is 1.21 bits per heavy atom. The second-order valence-electron chi connectivity index (χ2n) is 5.84. The van der Waals surface area contributed by atoms with Gasteiger partial charge in [0.25, 0.3) is 10.0 Å². The summed E-state index contributed by atoms with van der Waals surface area (Å²) in [5, 5.41) is 0.0799. The van der Waals surface area contributed by atoms with Crippen molar-refractivity contribution < 1.29 is 8.42 Å². The predicted molar refractivity (Wildman–Crippen MR) is 88.5 cm³/mol. The monoisotopic (exact) mass is 343 g/mol. The van der Waals surface area contributed by atoms with Crippen LogP contribution in [0.15, 0.2) is 47.9 Å². The molecule has 1 aromatic carbocycles. The van der Waals surface area contributed by atoms with Crippen molar-refractivity contribution in [2.24, 2.45) is 7.05 Å². The number of fused-ring (bicyclic) bond motifs is 1. The smallest absolute Gasteiger partial charge is 0.262 e. The average Bonchev–Trinajstić information content (AvgIpc) is 3.21. The normalized spacial score (nSPS) is 15.4. The molecule has 3 heterocycles. The van der Waals surface area contributed by atoms with Crippen LogP contribution in [0.1, 0.15) is 11.4 Å².